The number of amides is 1. The predicted molar refractivity (Wildman–Crippen MR) is 119 cm³/mol. The highest BCUT2D eigenvalue weighted by Gasteiger charge is 2.43. The molecule has 0 aliphatic heterocycles. The number of carbonyl (C=O) groups is 1. The summed E-state index contributed by atoms with van der Waals surface area (Å²) < 4.78 is 5.80. The van der Waals surface area contributed by atoms with Crippen LogP contribution in [-0.2, 0) is 0 Å². The lowest BCUT2D eigenvalue weighted by Gasteiger charge is -2.26. The molecule has 0 spiro atoms. The van der Waals surface area contributed by atoms with Gasteiger partial charge in [0.15, 0.2) is 0 Å². The molecule has 1 saturated carbocycles. The predicted octanol–water partition coefficient (Wildman–Crippen LogP) is 3.20. The number of rotatable bonds is 7. The minimum absolute atomic E-state index is 0.0325. The summed E-state index contributed by atoms with van der Waals surface area (Å²) in [5.41, 5.74) is 1.33. The monoisotopic (exact) mass is 419 g/mol. The molecule has 0 radical (unpaired) electrons. The van der Waals surface area contributed by atoms with E-state index in [0.717, 1.165) is 12.8 Å². The van der Waals surface area contributed by atoms with Gasteiger partial charge < -0.3 is 19.5 Å². The largest absolute Gasteiger partial charge is 0.442 e. The summed E-state index contributed by atoms with van der Waals surface area (Å²) in [7, 11) is 3.78. The number of hydrogen-bond donors (Lipinski definition) is 1. The molecule has 9 nitrogen and oxygen atoms in total. The Bertz CT molecular complexity index is 1170. The molecule has 1 fully saturated rings. The third kappa shape index (κ3) is 3.86. The highest BCUT2D eigenvalue weighted by molar-refractivity contribution is 6.10. The maximum Gasteiger partial charge on any atom is 0.260 e. The third-order valence-corrected chi connectivity index (χ3v) is 5.65. The summed E-state index contributed by atoms with van der Waals surface area (Å²) in [4.78, 5) is 34.2. The van der Waals surface area contributed by atoms with Crippen LogP contribution >= 0.6 is 0 Å². The first-order chi connectivity index (χ1) is 14.8. The average Bonchev–Trinajstić information content (AvgIpc) is 3.43. The molecule has 3 heterocycles. The van der Waals surface area contributed by atoms with Gasteiger partial charge in [-0.1, -0.05) is 6.58 Å². The molecule has 1 amide bonds. The van der Waals surface area contributed by atoms with Crippen molar-refractivity contribution in [3.8, 4) is 0 Å². The maximum absolute atomic E-state index is 13.3. The molecular formula is C22H25N7O2. The first-order valence-electron chi connectivity index (χ1n) is 9.97. The van der Waals surface area contributed by atoms with Crippen LogP contribution in [0.1, 0.15) is 35.9 Å². The Morgan fingerprint density at radius 1 is 1.23 bits per heavy atom. The van der Waals surface area contributed by atoms with Gasteiger partial charge in [-0.25, -0.2) is 19.9 Å². The van der Waals surface area contributed by atoms with Gasteiger partial charge in [-0.2, -0.15) is 0 Å². The van der Waals surface area contributed by atoms with Crippen molar-refractivity contribution < 1.29 is 9.21 Å². The molecule has 0 aromatic carbocycles. The molecule has 1 N–H and O–H groups in total. The number of furan rings is 1. The van der Waals surface area contributed by atoms with Crippen molar-refractivity contribution in [3.05, 3.63) is 60.7 Å². The second kappa shape index (κ2) is 7.82. The summed E-state index contributed by atoms with van der Waals surface area (Å²) >= 11 is 0. The van der Waals surface area contributed by atoms with Gasteiger partial charge in [0, 0.05) is 38.2 Å². The number of fused-ring (bicyclic) bond motifs is 1. The number of aryl methyl sites for hydroxylation is 1. The Hall–Kier alpha value is -3.75. The van der Waals surface area contributed by atoms with E-state index in [0.29, 0.717) is 39.9 Å². The van der Waals surface area contributed by atoms with Gasteiger partial charge >= 0.3 is 0 Å². The number of allylic oxidation sites excluding steroid dienone is 1. The molecule has 1 aliphatic carbocycles. The lowest BCUT2D eigenvalue weighted by Crippen LogP contribution is -2.32. The molecule has 1 aliphatic rings. The standard InChI is InChI=1S/C22H25N7O2/c1-6-15(12-28(4)21-23-10-7-11-24-21)27-19(30)16-14(2)31-20-17(16)18(25-13-26-20)29(5)22(3)8-9-22/h6-7,10-13H,1,8-9H2,2-5H3,(H,27,30)/b15-12+. The fourth-order valence-corrected chi connectivity index (χ4v) is 3.40. The van der Waals surface area contributed by atoms with Crippen molar-refractivity contribution in [1.82, 2.24) is 25.3 Å². The summed E-state index contributed by atoms with van der Waals surface area (Å²) in [5.74, 6) is 1.34. The van der Waals surface area contributed by atoms with Gasteiger partial charge in [-0.05, 0) is 38.8 Å². The smallest absolute Gasteiger partial charge is 0.260 e. The van der Waals surface area contributed by atoms with Crippen LogP contribution in [0.5, 0.6) is 0 Å². The summed E-state index contributed by atoms with van der Waals surface area (Å²) in [6.07, 6.45) is 10.2. The molecule has 0 saturated heterocycles. The van der Waals surface area contributed by atoms with Crippen molar-refractivity contribution in [2.75, 3.05) is 23.9 Å². The van der Waals surface area contributed by atoms with E-state index in [9.17, 15) is 4.79 Å². The topological polar surface area (TPSA) is 100 Å². The molecule has 3 aromatic heterocycles. The molecule has 31 heavy (non-hydrogen) atoms. The molecule has 9 heteroatoms. The zero-order valence-electron chi connectivity index (χ0n) is 18.1. The van der Waals surface area contributed by atoms with Crippen LogP contribution in [-0.4, -0.2) is 45.5 Å². The Morgan fingerprint density at radius 2 is 1.94 bits per heavy atom. The number of anilines is 2. The Labute approximate surface area is 180 Å². The van der Waals surface area contributed by atoms with E-state index in [1.807, 2.05) is 7.05 Å². The molecule has 0 bridgehead atoms. The number of hydrogen-bond acceptors (Lipinski definition) is 8. The number of carbonyl (C=O) groups excluding carboxylic acids is 1. The highest BCUT2D eigenvalue weighted by atomic mass is 16.3. The molecule has 0 atom stereocenters. The number of aromatic nitrogens is 4. The Morgan fingerprint density at radius 3 is 2.58 bits per heavy atom. The Balaban J connectivity index is 1.68. The fourth-order valence-electron chi connectivity index (χ4n) is 3.40. The normalized spacial score (nSPS) is 14.9. The Kier molecular flexibility index (Phi) is 5.18. The second-order valence-electron chi connectivity index (χ2n) is 7.87. The van der Waals surface area contributed by atoms with Gasteiger partial charge in [0.1, 0.15) is 17.9 Å². The molecule has 0 unspecified atom stereocenters. The van der Waals surface area contributed by atoms with E-state index in [2.05, 4.69) is 43.7 Å². The lowest BCUT2D eigenvalue weighted by molar-refractivity contribution is 0.0967. The van der Waals surface area contributed by atoms with E-state index in [-0.39, 0.29) is 11.4 Å². The van der Waals surface area contributed by atoms with E-state index < -0.39 is 0 Å². The van der Waals surface area contributed by atoms with Crippen molar-refractivity contribution in [2.24, 2.45) is 0 Å². The summed E-state index contributed by atoms with van der Waals surface area (Å²) in [6, 6.07) is 1.74. The van der Waals surface area contributed by atoms with Crippen LogP contribution in [0.15, 0.2) is 53.8 Å². The van der Waals surface area contributed by atoms with Crippen LogP contribution in [0, 0.1) is 6.92 Å². The van der Waals surface area contributed by atoms with Crippen LogP contribution in [0.25, 0.3) is 11.1 Å². The van der Waals surface area contributed by atoms with Crippen molar-refractivity contribution in [1.29, 1.82) is 0 Å². The van der Waals surface area contributed by atoms with Crippen molar-refractivity contribution in [3.63, 3.8) is 0 Å². The van der Waals surface area contributed by atoms with E-state index in [4.69, 9.17) is 4.42 Å². The zero-order chi connectivity index (χ0) is 22.2. The number of nitrogens with zero attached hydrogens (tertiary/aromatic N) is 6. The van der Waals surface area contributed by atoms with Crippen LogP contribution in [0.4, 0.5) is 11.8 Å². The first kappa shape index (κ1) is 20.5. The maximum atomic E-state index is 13.3. The molecule has 3 aromatic rings. The number of nitrogens with one attached hydrogen (secondary N) is 1. The average molecular weight is 419 g/mol. The minimum Gasteiger partial charge on any atom is -0.442 e. The molecule has 160 valence electrons. The quantitative estimate of drug-likeness (QED) is 0.583. The van der Waals surface area contributed by atoms with Crippen molar-refractivity contribution >= 4 is 28.8 Å². The summed E-state index contributed by atoms with van der Waals surface area (Å²) in [6.45, 7) is 7.73. The van der Waals surface area contributed by atoms with Gasteiger partial charge in [-0.3, -0.25) is 4.79 Å². The summed E-state index contributed by atoms with van der Waals surface area (Å²) in [5, 5.41) is 3.50. The van der Waals surface area contributed by atoms with Gasteiger partial charge in [-0.15, -0.1) is 0 Å². The van der Waals surface area contributed by atoms with Crippen LogP contribution < -0.4 is 15.1 Å². The first-order valence-corrected chi connectivity index (χ1v) is 9.97. The lowest BCUT2D eigenvalue weighted by atomic mass is 10.1. The molecular weight excluding hydrogens is 394 g/mol. The minimum atomic E-state index is -0.324. The van der Waals surface area contributed by atoms with Crippen LogP contribution in [0.3, 0.4) is 0 Å². The van der Waals surface area contributed by atoms with E-state index >= 15 is 0 Å². The highest BCUT2D eigenvalue weighted by Crippen LogP contribution is 2.44. The van der Waals surface area contributed by atoms with Crippen LogP contribution in [0.2, 0.25) is 0 Å². The van der Waals surface area contributed by atoms with E-state index in [1.165, 1.54) is 6.33 Å². The van der Waals surface area contributed by atoms with E-state index in [1.54, 1.807) is 49.6 Å². The van der Waals surface area contributed by atoms with Crippen molar-refractivity contribution in [2.45, 2.75) is 32.2 Å². The third-order valence-electron chi connectivity index (χ3n) is 5.65. The zero-order valence-corrected chi connectivity index (χ0v) is 18.1. The van der Waals surface area contributed by atoms with Gasteiger partial charge in [0.2, 0.25) is 11.7 Å². The second-order valence-corrected chi connectivity index (χ2v) is 7.87. The van der Waals surface area contributed by atoms with Gasteiger partial charge in [0.05, 0.1) is 16.6 Å². The van der Waals surface area contributed by atoms with Gasteiger partial charge in [0.25, 0.3) is 5.91 Å². The SMILES string of the molecule is C=C/C(=C\N(C)c1ncccn1)NC(=O)c1c(C)oc2ncnc(N(C)C3(C)CC3)c12. The molecule has 4 rings (SSSR count). The fraction of sp³-hybridized carbons (Fsp3) is 0.318.